The first-order chi connectivity index (χ1) is 12.5. The number of aromatic nitrogens is 1. The van der Waals surface area contributed by atoms with Gasteiger partial charge in [0.15, 0.2) is 0 Å². The molecule has 0 aliphatic carbocycles. The number of rotatable bonds is 5. The Hall–Kier alpha value is -2.86. The van der Waals surface area contributed by atoms with E-state index >= 15 is 0 Å². The maximum atomic E-state index is 11.6. The smallest absolute Gasteiger partial charge is 0.251 e. The largest absolute Gasteiger partial charge is 0.355 e. The number of hydrogen-bond acceptors (Lipinski definition) is 5. The Morgan fingerprint density at radius 3 is 2.54 bits per heavy atom. The van der Waals surface area contributed by atoms with E-state index in [1.54, 1.807) is 30.5 Å². The molecule has 0 atom stereocenters. The zero-order valence-electron chi connectivity index (χ0n) is 14.9. The molecule has 3 rings (SSSR count). The quantitative estimate of drug-likeness (QED) is 0.662. The number of carbonyl (C=O) groups is 1. The molecule has 0 spiro atoms. The van der Waals surface area contributed by atoms with Crippen LogP contribution in [-0.4, -0.2) is 17.9 Å². The Labute approximate surface area is 156 Å². The highest BCUT2D eigenvalue weighted by Gasteiger charge is 2.10. The van der Waals surface area contributed by atoms with E-state index in [4.69, 9.17) is 4.98 Å². The first kappa shape index (κ1) is 17.9. The number of benzene rings is 2. The fraction of sp³-hybridized carbons (Fsp3) is 0.200. The van der Waals surface area contributed by atoms with E-state index in [2.05, 4.69) is 10.5 Å². The summed E-state index contributed by atoms with van der Waals surface area (Å²) in [4.78, 5) is 27.1. The van der Waals surface area contributed by atoms with Crippen molar-refractivity contribution in [2.75, 3.05) is 7.05 Å². The molecule has 1 heterocycles. The van der Waals surface area contributed by atoms with Crippen LogP contribution in [0.15, 0.2) is 47.0 Å². The Bertz CT molecular complexity index is 962. The predicted molar refractivity (Wildman–Crippen MR) is 105 cm³/mol. The van der Waals surface area contributed by atoms with Gasteiger partial charge in [0.1, 0.15) is 5.69 Å². The van der Waals surface area contributed by atoms with Crippen molar-refractivity contribution in [2.24, 2.45) is 5.18 Å². The molecule has 0 bridgehead atoms. The third-order valence-corrected chi connectivity index (χ3v) is 5.16. The third kappa shape index (κ3) is 3.70. The number of hydrogen-bond donors (Lipinski definition) is 1. The Kier molecular flexibility index (Phi) is 5.23. The number of carbonyl (C=O) groups excluding carboxylic acids is 1. The minimum absolute atomic E-state index is 0.102. The van der Waals surface area contributed by atoms with Crippen molar-refractivity contribution in [2.45, 2.75) is 20.3 Å². The summed E-state index contributed by atoms with van der Waals surface area (Å²) in [7, 11) is 1.62. The van der Waals surface area contributed by atoms with E-state index in [1.165, 1.54) is 0 Å². The molecule has 0 saturated carbocycles. The lowest BCUT2D eigenvalue weighted by Crippen LogP contribution is -2.17. The van der Waals surface area contributed by atoms with E-state index in [1.807, 2.05) is 43.5 Å². The molecule has 26 heavy (non-hydrogen) atoms. The summed E-state index contributed by atoms with van der Waals surface area (Å²) in [6, 6.07) is 11.2. The molecule has 5 nitrogen and oxygen atoms in total. The van der Waals surface area contributed by atoms with Gasteiger partial charge in [-0.05, 0) is 53.9 Å². The molecule has 3 aromatic rings. The fourth-order valence-electron chi connectivity index (χ4n) is 2.77. The highest BCUT2D eigenvalue weighted by molar-refractivity contribution is 7.10. The minimum atomic E-state index is -0.102. The van der Waals surface area contributed by atoms with Gasteiger partial charge in [-0.15, -0.1) is 16.2 Å². The number of thiazole rings is 1. The van der Waals surface area contributed by atoms with Crippen molar-refractivity contribution in [1.82, 2.24) is 10.3 Å². The summed E-state index contributed by atoms with van der Waals surface area (Å²) < 4.78 is 0. The van der Waals surface area contributed by atoms with Crippen LogP contribution in [0.4, 0.5) is 5.69 Å². The lowest BCUT2D eigenvalue weighted by molar-refractivity contribution is 0.0963. The van der Waals surface area contributed by atoms with Crippen LogP contribution in [-0.2, 0) is 6.42 Å². The van der Waals surface area contributed by atoms with Crippen molar-refractivity contribution >= 4 is 22.9 Å². The van der Waals surface area contributed by atoms with E-state index in [0.29, 0.717) is 17.7 Å². The van der Waals surface area contributed by atoms with Crippen LogP contribution in [0, 0.1) is 18.8 Å². The zero-order valence-corrected chi connectivity index (χ0v) is 15.7. The van der Waals surface area contributed by atoms with E-state index in [0.717, 1.165) is 33.0 Å². The van der Waals surface area contributed by atoms with Crippen molar-refractivity contribution in [3.8, 4) is 11.3 Å². The first-order valence-corrected chi connectivity index (χ1v) is 9.10. The summed E-state index contributed by atoms with van der Waals surface area (Å²) in [5, 5.41) is 8.69. The number of nitroso groups, excluding NO2 is 1. The highest BCUT2D eigenvalue weighted by atomic mass is 32.1. The Morgan fingerprint density at radius 1 is 1.15 bits per heavy atom. The number of aryl methyl sites for hydroxylation is 2. The van der Waals surface area contributed by atoms with Gasteiger partial charge in [-0.3, -0.25) is 4.79 Å². The monoisotopic (exact) mass is 365 g/mol. The second kappa shape index (κ2) is 7.58. The summed E-state index contributed by atoms with van der Waals surface area (Å²) in [6.07, 6.45) is 0.715. The maximum Gasteiger partial charge on any atom is 0.251 e. The van der Waals surface area contributed by atoms with Gasteiger partial charge in [-0.25, -0.2) is 4.98 Å². The second-order valence-corrected chi connectivity index (χ2v) is 7.06. The van der Waals surface area contributed by atoms with Crippen LogP contribution in [0.25, 0.3) is 11.3 Å². The number of amides is 1. The molecule has 6 heteroatoms. The summed E-state index contributed by atoms with van der Waals surface area (Å²) in [5.74, 6) is -0.102. The highest BCUT2D eigenvalue weighted by Crippen LogP contribution is 2.27. The summed E-state index contributed by atoms with van der Waals surface area (Å²) in [6.45, 7) is 3.87. The molecule has 0 aliphatic heterocycles. The van der Waals surface area contributed by atoms with Gasteiger partial charge in [-0.1, -0.05) is 18.2 Å². The maximum absolute atomic E-state index is 11.6. The van der Waals surface area contributed by atoms with E-state index in [-0.39, 0.29) is 5.91 Å². The normalized spacial score (nSPS) is 10.6. The molecular formula is C20H19N3O2S. The average molecular weight is 365 g/mol. The Balaban J connectivity index is 1.81. The van der Waals surface area contributed by atoms with Crippen LogP contribution in [0.3, 0.4) is 0 Å². The van der Waals surface area contributed by atoms with Gasteiger partial charge >= 0.3 is 0 Å². The van der Waals surface area contributed by atoms with Gasteiger partial charge in [0.2, 0.25) is 0 Å². The molecule has 0 saturated heterocycles. The van der Waals surface area contributed by atoms with Crippen LogP contribution >= 0.6 is 11.3 Å². The van der Waals surface area contributed by atoms with Gasteiger partial charge in [-0.2, -0.15) is 0 Å². The van der Waals surface area contributed by atoms with Gasteiger partial charge < -0.3 is 5.32 Å². The standard InChI is InChI=1S/C20H19N3O2S/c1-12-9-17(23-25)13(2)8-16(12)10-19-22-18(11-26-19)14-4-6-15(7-5-14)20(24)21-3/h4-9,11H,10H2,1-3H3,(H,21,24). The lowest BCUT2D eigenvalue weighted by Gasteiger charge is -2.07. The molecule has 1 aromatic heterocycles. The molecule has 0 radical (unpaired) electrons. The number of nitrogens with zero attached hydrogens (tertiary/aromatic N) is 2. The Morgan fingerprint density at radius 2 is 1.88 bits per heavy atom. The molecular weight excluding hydrogens is 346 g/mol. The van der Waals surface area contributed by atoms with Gasteiger partial charge in [0, 0.05) is 30.0 Å². The summed E-state index contributed by atoms with van der Waals surface area (Å²) >= 11 is 1.60. The van der Waals surface area contributed by atoms with Crippen LogP contribution in [0.2, 0.25) is 0 Å². The fourth-order valence-corrected chi connectivity index (χ4v) is 3.60. The van der Waals surface area contributed by atoms with Crippen molar-refractivity contribution in [3.05, 3.63) is 73.9 Å². The van der Waals surface area contributed by atoms with E-state index in [9.17, 15) is 9.70 Å². The van der Waals surface area contributed by atoms with Crippen LogP contribution < -0.4 is 5.32 Å². The van der Waals surface area contributed by atoms with Crippen molar-refractivity contribution in [1.29, 1.82) is 0 Å². The minimum Gasteiger partial charge on any atom is -0.355 e. The van der Waals surface area contributed by atoms with Gasteiger partial charge in [0.05, 0.1) is 10.7 Å². The zero-order chi connectivity index (χ0) is 18.7. The average Bonchev–Trinajstić information content (AvgIpc) is 3.12. The van der Waals surface area contributed by atoms with Crippen LogP contribution in [0.1, 0.15) is 32.1 Å². The molecule has 0 aliphatic rings. The molecule has 1 amide bonds. The SMILES string of the molecule is CNC(=O)c1ccc(-c2csc(Cc3cc(C)c(N=O)cc3C)n2)cc1. The molecule has 2 aromatic carbocycles. The molecule has 132 valence electrons. The lowest BCUT2D eigenvalue weighted by atomic mass is 10.0. The first-order valence-electron chi connectivity index (χ1n) is 8.22. The van der Waals surface area contributed by atoms with Crippen LogP contribution in [0.5, 0.6) is 0 Å². The number of nitrogens with one attached hydrogen (secondary N) is 1. The van der Waals surface area contributed by atoms with Gasteiger partial charge in [0.25, 0.3) is 5.91 Å². The second-order valence-electron chi connectivity index (χ2n) is 6.12. The third-order valence-electron chi connectivity index (χ3n) is 4.32. The molecule has 0 unspecified atom stereocenters. The van der Waals surface area contributed by atoms with E-state index < -0.39 is 0 Å². The molecule has 1 N–H and O–H groups in total. The molecule has 0 fully saturated rings. The van der Waals surface area contributed by atoms with Crippen molar-refractivity contribution < 1.29 is 4.79 Å². The summed E-state index contributed by atoms with van der Waals surface area (Å²) in [5.41, 5.74) is 6.05. The topological polar surface area (TPSA) is 71.4 Å². The predicted octanol–water partition coefficient (Wildman–Crippen LogP) is 4.78. The van der Waals surface area contributed by atoms with Crippen molar-refractivity contribution in [3.63, 3.8) is 0 Å².